The van der Waals surface area contributed by atoms with Crippen molar-refractivity contribution in [1.82, 2.24) is 4.90 Å². The molecule has 1 heterocycles. The van der Waals surface area contributed by atoms with Gasteiger partial charge in [-0.25, -0.2) is 8.78 Å². The number of hydrogen-bond acceptors (Lipinski definition) is 4. The van der Waals surface area contributed by atoms with Crippen LogP contribution in [0.4, 0.5) is 8.78 Å². The zero-order valence-electron chi connectivity index (χ0n) is 17.5. The standard InChI is InChI=1S/C25H22F2N2O3/c1-31-20-11-9-18(10-12-20)24-14-21(32-28-24)16-29(15-17-5-4-6-19(26)13-17)25(30)22-7-2-3-8-23(22)27/h2-13,21H,14-16H2,1H3/t21-/m0/s1. The zero-order valence-corrected chi connectivity index (χ0v) is 17.5. The van der Waals surface area contributed by atoms with Crippen molar-refractivity contribution in [2.45, 2.75) is 19.1 Å². The summed E-state index contributed by atoms with van der Waals surface area (Å²) in [6, 6.07) is 19.2. The molecule has 0 unspecified atom stereocenters. The van der Waals surface area contributed by atoms with Crippen LogP contribution in [0.25, 0.3) is 0 Å². The maximum Gasteiger partial charge on any atom is 0.257 e. The van der Waals surface area contributed by atoms with Crippen molar-refractivity contribution in [3.8, 4) is 5.75 Å². The Morgan fingerprint density at radius 3 is 2.59 bits per heavy atom. The van der Waals surface area contributed by atoms with Gasteiger partial charge in [0.15, 0.2) is 6.10 Å². The Balaban J connectivity index is 1.51. The van der Waals surface area contributed by atoms with Crippen molar-refractivity contribution in [2.24, 2.45) is 5.16 Å². The summed E-state index contributed by atoms with van der Waals surface area (Å²) in [6.07, 6.45) is 0.0765. The SMILES string of the molecule is COc1ccc(C2=NO[C@H](CN(Cc3cccc(F)c3)C(=O)c3ccccc3F)C2)cc1. The van der Waals surface area contributed by atoms with E-state index in [2.05, 4.69) is 5.16 Å². The molecule has 0 radical (unpaired) electrons. The molecule has 3 aromatic rings. The first-order valence-electron chi connectivity index (χ1n) is 10.2. The smallest absolute Gasteiger partial charge is 0.257 e. The summed E-state index contributed by atoms with van der Waals surface area (Å²) in [5.74, 6) is -0.761. The van der Waals surface area contributed by atoms with Crippen molar-refractivity contribution in [3.05, 3.63) is 101 Å². The molecule has 32 heavy (non-hydrogen) atoms. The van der Waals surface area contributed by atoms with E-state index in [1.165, 1.54) is 35.2 Å². The van der Waals surface area contributed by atoms with Crippen molar-refractivity contribution in [1.29, 1.82) is 0 Å². The van der Waals surface area contributed by atoms with E-state index < -0.39 is 23.6 Å². The van der Waals surface area contributed by atoms with Crippen LogP contribution in [0.1, 0.15) is 27.9 Å². The third-order valence-corrected chi connectivity index (χ3v) is 5.23. The summed E-state index contributed by atoms with van der Waals surface area (Å²) in [7, 11) is 1.60. The van der Waals surface area contributed by atoms with Crippen molar-refractivity contribution in [2.75, 3.05) is 13.7 Å². The topological polar surface area (TPSA) is 51.1 Å². The van der Waals surface area contributed by atoms with Gasteiger partial charge in [0.05, 0.1) is 24.9 Å². The Morgan fingerprint density at radius 2 is 1.88 bits per heavy atom. The van der Waals surface area contributed by atoms with Gasteiger partial charge >= 0.3 is 0 Å². The Labute approximate surface area is 184 Å². The number of hydrogen-bond donors (Lipinski definition) is 0. The number of methoxy groups -OCH3 is 1. The lowest BCUT2D eigenvalue weighted by atomic mass is 10.0. The monoisotopic (exact) mass is 436 g/mol. The third kappa shape index (κ3) is 4.94. The van der Waals surface area contributed by atoms with Crippen LogP contribution in [0, 0.1) is 11.6 Å². The van der Waals surface area contributed by atoms with Crippen molar-refractivity contribution in [3.63, 3.8) is 0 Å². The van der Waals surface area contributed by atoms with Crippen LogP contribution in [0.3, 0.4) is 0 Å². The van der Waals surface area contributed by atoms with Gasteiger partial charge in [0.25, 0.3) is 5.91 Å². The number of amides is 1. The minimum absolute atomic E-state index is 0.0433. The number of halogens is 2. The summed E-state index contributed by atoms with van der Waals surface area (Å²) in [4.78, 5) is 20.2. The fourth-order valence-electron chi connectivity index (χ4n) is 3.61. The number of ether oxygens (including phenoxy) is 1. The molecule has 0 saturated heterocycles. The van der Waals surface area contributed by atoms with Gasteiger partial charge in [-0.05, 0) is 59.7 Å². The molecule has 7 heteroatoms. The number of rotatable bonds is 7. The van der Waals surface area contributed by atoms with E-state index in [1.807, 2.05) is 24.3 Å². The van der Waals surface area contributed by atoms with Crippen LogP contribution in [-0.2, 0) is 11.4 Å². The van der Waals surface area contributed by atoms with Crippen LogP contribution >= 0.6 is 0 Å². The highest BCUT2D eigenvalue weighted by Gasteiger charge is 2.28. The third-order valence-electron chi connectivity index (χ3n) is 5.23. The van der Waals surface area contributed by atoms with E-state index in [1.54, 1.807) is 25.3 Å². The minimum Gasteiger partial charge on any atom is -0.497 e. The van der Waals surface area contributed by atoms with Gasteiger partial charge in [0, 0.05) is 13.0 Å². The molecule has 0 fully saturated rings. The number of carbonyl (C=O) groups excluding carboxylic acids is 1. The molecule has 4 rings (SSSR count). The highest BCUT2D eigenvalue weighted by molar-refractivity contribution is 6.01. The highest BCUT2D eigenvalue weighted by Crippen LogP contribution is 2.22. The number of oxime groups is 1. The molecular formula is C25H22F2N2O3. The highest BCUT2D eigenvalue weighted by atomic mass is 19.1. The van der Waals surface area contributed by atoms with Gasteiger partial charge < -0.3 is 14.5 Å². The quantitative estimate of drug-likeness (QED) is 0.534. The summed E-state index contributed by atoms with van der Waals surface area (Å²) in [5.41, 5.74) is 2.20. The molecule has 0 aromatic heterocycles. The largest absolute Gasteiger partial charge is 0.497 e. The van der Waals surface area contributed by atoms with Gasteiger partial charge in [0.1, 0.15) is 17.4 Å². The number of benzene rings is 3. The Hall–Kier alpha value is -3.74. The molecule has 0 spiro atoms. The van der Waals surface area contributed by atoms with Crippen LogP contribution in [0.5, 0.6) is 5.75 Å². The molecule has 5 nitrogen and oxygen atoms in total. The van der Waals surface area contributed by atoms with Crippen LogP contribution < -0.4 is 4.74 Å². The Kier molecular flexibility index (Phi) is 6.44. The average Bonchev–Trinajstić information content (AvgIpc) is 3.27. The van der Waals surface area contributed by atoms with Crippen molar-refractivity contribution >= 4 is 11.6 Å². The van der Waals surface area contributed by atoms with E-state index in [9.17, 15) is 13.6 Å². The molecule has 1 aliphatic rings. The van der Waals surface area contributed by atoms with Gasteiger partial charge in [0.2, 0.25) is 0 Å². The van der Waals surface area contributed by atoms with E-state index in [4.69, 9.17) is 9.57 Å². The number of nitrogens with zero attached hydrogens (tertiary/aromatic N) is 2. The van der Waals surface area contributed by atoms with E-state index in [-0.39, 0.29) is 18.7 Å². The first kappa shape index (κ1) is 21.5. The van der Waals surface area contributed by atoms with Crippen LogP contribution in [0.2, 0.25) is 0 Å². The van der Waals surface area contributed by atoms with Crippen LogP contribution in [0.15, 0.2) is 78.0 Å². The lowest BCUT2D eigenvalue weighted by Crippen LogP contribution is -2.37. The van der Waals surface area contributed by atoms with Gasteiger partial charge in [-0.2, -0.15) is 0 Å². The lowest BCUT2D eigenvalue weighted by molar-refractivity contribution is 0.0402. The van der Waals surface area contributed by atoms with Gasteiger partial charge in [-0.1, -0.05) is 29.4 Å². The van der Waals surface area contributed by atoms with E-state index >= 15 is 0 Å². The first-order chi connectivity index (χ1) is 15.5. The van der Waals surface area contributed by atoms with Gasteiger partial charge in [-0.15, -0.1) is 0 Å². The molecule has 1 atom stereocenters. The summed E-state index contributed by atoms with van der Waals surface area (Å²) < 4.78 is 33.2. The van der Waals surface area contributed by atoms with E-state index in [0.29, 0.717) is 12.0 Å². The van der Waals surface area contributed by atoms with Crippen LogP contribution in [-0.4, -0.2) is 36.3 Å². The molecule has 1 amide bonds. The predicted octanol–water partition coefficient (Wildman–Crippen LogP) is 4.81. The number of carbonyl (C=O) groups is 1. The summed E-state index contributed by atoms with van der Waals surface area (Å²) >= 11 is 0. The fraction of sp³-hybridized carbons (Fsp3) is 0.200. The first-order valence-corrected chi connectivity index (χ1v) is 10.2. The Morgan fingerprint density at radius 1 is 1.09 bits per heavy atom. The van der Waals surface area contributed by atoms with Gasteiger partial charge in [-0.3, -0.25) is 4.79 Å². The molecule has 3 aromatic carbocycles. The molecule has 164 valence electrons. The second-order valence-corrected chi connectivity index (χ2v) is 7.49. The van der Waals surface area contributed by atoms with E-state index in [0.717, 1.165) is 17.0 Å². The minimum atomic E-state index is -0.607. The maximum atomic E-state index is 14.3. The predicted molar refractivity (Wildman–Crippen MR) is 117 cm³/mol. The Bertz CT molecular complexity index is 1130. The second-order valence-electron chi connectivity index (χ2n) is 7.49. The average molecular weight is 436 g/mol. The molecular weight excluding hydrogens is 414 g/mol. The normalized spacial score (nSPS) is 15.1. The summed E-state index contributed by atoms with van der Waals surface area (Å²) in [5, 5.41) is 4.17. The summed E-state index contributed by atoms with van der Waals surface area (Å²) in [6.45, 7) is 0.287. The van der Waals surface area contributed by atoms with Crippen molar-refractivity contribution < 1.29 is 23.1 Å². The molecule has 1 aliphatic heterocycles. The molecule has 0 bridgehead atoms. The second kappa shape index (κ2) is 9.60. The molecule has 0 saturated carbocycles. The molecule has 0 aliphatic carbocycles. The lowest BCUT2D eigenvalue weighted by Gasteiger charge is -2.25. The zero-order chi connectivity index (χ0) is 22.5. The fourth-order valence-corrected chi connectivity index (χ4v) is 3.61. The molecule has 0 N–H and O–H groups in total. The maximum absolute atomic E-state index is 14.3.